The van der Waals surface area contributed by atoms with Gasteiger partial charge in [0.1, 0.15) is 17.3 Å². The van der Waals surface area contributed by atoms with Gasteiger partial charge in [0.05, 0.1) is 54.0 Å². The summed E-state index contributed by atoms with van der Waals surface area (Å²) in [4.78, 5) is 25.4. The van der Waals surface area contributed by atoms with Gasteiger partial charge < -0.3 is 20.6 Å². The molecule has 4 N–H and O–H groups in total. The molecule has 0 aliphatic carbocycles. The van der Waals surface area contributed by atoms with Crippen molar-refractivity contribution in [1.29, 1.82) is 0 Å². The molecule has 0 amide bonds. The molecule has 5 aromatic rings. The molecule has 5 heterocycles. The zero-order valence-corrected chi connectivity index (χ0v) is 20.0. The number of rotatable bonds is 5. The highest BCUT2D eigenvalue weighted by atomic mass is 15.0. The molecule has 36 heavy (non-hydrogen) atoms. The highest BCUT2D eigenvalue weighted by Gasteiger charge is 2.20. The van der Waals surface area contributed by atoms with Crippen LogP contribution in [0.15, 0.2) is 61.2 Å². The number of benzene rings is 2. The number of imidazole rings is 2. The number of nitrogens with one attached hydrogen (secondary N) is 4. The summed E-state index contributed by atoms with van der Waals surface area (Å²) < 4.78 is 0. The van der Waals surface area contributed by atoms with Crippen LogP contribution in [0.4, 0.5) is 0 Å². The monoisotopic (exact) mass is 476 g/mol. The fourth-order valence-electron chi connectivity index (χ4n) is 5.33. The van der Waals surface area contributed by atoms with Crippen LogP contribution in [-0.4, -0.2) is 43.0 Å². The number of aromatic amines is 2. The molecule has 2 fully saturated rings. The van der Waals surface area contributed by atoms with Gasteiger partial charge in [-0.1, -0.05) is 24.3 Å². The summed E-state index contributed by atoms with van der Waals surface area (Å²) in [6, 6.07) is 13.6. The normalized spacial score (nSPS) is 19.9. The van der Waals surface area contributed by atoms with Crippen LogP contribution in [0.25, 0.3) is 44.7 Å². The van der Waals surface area contributed by atoms with Gasteiger partial charge >= 0.3 is 0 Å². The first-order chi connectivity index (χ1) is 17.8. The average molecular weight is 477 g/mol. The van der Waals surface area contributed by atoms with Crippen molar-refractivity contribution < 1.29 is 0 Å². The lowest BCUT2D eigenvalue weighted by atomic mass is 10.0. The molecular weight excluding hydrogens is 448 g/mol. The van der Waals surface area contributed by atoms with Gasteiger partial charge in [0.15, 0.2) is 0 Å². The fourth-order valence-corrected chi connectivity index (χ4v) is 5.33. The van der Waals surface area contributed by atoms with Crippen molar-refractivity contribution in [2.45, 2.75) is 37.8 Å². The maximum Gasteiger partial charge on any atom is 0.123 e. The fraction of sp³-hybridized carbons (Fsp3) is 0.286. The van der Waals surface area contributed by atoms with Gasteiger partial charge in [-0.25, -0.2) is 9.97 Å². The zero-order valence-electron chi connectivity index (χ0n) is 20.0. The molecule has 180 valence electrons. The molecule has 0 spiro atoms. The highest BCUT2D eigenvalue weighted by molar-refractivity contribution is 5.90. The second-order valence-electron chi connectivity index (χ2n) is 9.73. The van der Waals surface area contributed by atoms with E-state index in [9.17, 15) is 0 Å². The van der Waals surface area contributed by atoms with Crippen LogP contribution in [0.1, 0.15) is 49.4 Å². The van der Waals surface area contributed by atoms with Crippen molar-refractivity contribution in [1.82, 2.24) is 40.5 Å². The predicted octanol–water partition coefficient (Wildman–Crippen LogP) is 4.93. The van der Waals surface area contributed by atoms with E-state index < -0.39 is 0 Å². The van der Waals surface area contributed by atoms with E-state index in [1.807, 2.05) is 24.8 Å². The van der Waals surface area contributed by atoms with E-state index in [4.69, 9.17) is 4.98 Å². The van der Waals surface area contributed by atoms with Gasteiger partial charge in [-0.2, -0.15) is 0 Å². The van der Waals surface area contributed by atoms with Crippen molar-refractivity contribution >= 4 is 10.8 Å². The molecule has 8 nitrogen and oxygen atoms in total. The summed E-state index contributed by atoms with van der Waals surface area (Å²) in [5.74, 6) is 2.00. The lowest BCUT2D eigenvalue weighted by Crippen LogP contribution is -2.14. The SMILES string of the molecule is c1cc2cc(-c3cnc(C4CCCN4)[nH]3)ccc2cc1-c1cnc(-c2cnc(C3CCCN3)[nH]2)cn1. The van der Waals surface area contributed by atoms with Crippen molar-refractivity contribution in [3.05, 3.63) is 72.8 Å². The number of hydrogen-bond acceptors (Lipinski definition) is 6. The van der Waals surface area contributed by atoms with Gasteiger partial charge in [-0.05, 0) is 61.7 Å². The van der Waals surface area contributed by atoms with E-state index >= 15 is 0 Å². The molecule has 8 heteroatoms. The largest absolute Gasteiger partial charge is 0.341 e. The van der Waals surface area contributed by atoms with Gasteiger partial charge in [0.25, 0.3) is 0 Å². The summed E-state index contributed by atoms with van der Waals surface area (Å²) in [7, 11) is 0. The lowest BCUT2D eigenvalue weighted by Gasteiger charge is -2.07. The molecule has 3 aromatic heterocycles. The Kier molecular flexibility index (Phi) is 5.33. The summed E-state index contributed by atoms with van der Waals surface area (Å²) in [6.07, 6.45) is 12.1. The molecule has 2 unspecified atom stereocenters. The van der Waals surface area contributed by atoms with Crippen LogP contribution in [0.2, 0.25) is 0 Å². The second-order valence-corrected chi connectivity index (χ2v) is 9.73. The molecule has 0 saturated carbocycles. The van der Waals surface area contributed by atoms with Crippen LogP contribution in [0.3, 0.4) is 0 Å². The topological polar surface area (TPSA) is 107 Å². The van der Waals surface area contributed by atoms with E-state index in [0.29, 0.717) is 12.1 Å². The van der Waals surface area contributed by atoms with Crippen molar-refractivity contribution in [3.63, 3.8) is 0 Å². The molecule has 2 aliphatic heterocycles. The first-order valence-electron chi connectivity index (χ1n) is 12.7. The molecule has 0 radical (unpaired) electrons. The van der Waals surface area contributed by atoms with Gasteiger partial charge in [-0.3, -0.25) is 9.97 Å². The van der Waals surface area contributed by atoms with Gasteiger partial charge in [0, 0.05) is 11.1 Å². The predicted molar refractivity (Wildman–Crippen MR) is 140 cm³/mol. The van der Waals surface area contributed by atoms with Crippen molar-refractivity contribution in [2.24, 2.45) is 0 Å². The quantitative estimate of drug-likeness (QED) is 0.287. The minimum atomic E-state index is 0.309. The van der Waals surface area contributed by atoms with Crippen LogP contribution in [-0.2, 0) is 0 Å². The molecule has 2 saturated heterocycles. The Bertz CT molecular complexity index is 1500. The Morgan fingerprint density at radius 2 is 1.17 bits per heavy atom. The van der Waals surface area contributed by atoms with E-state index in [2.05, 4.69) is 72.0 Å². The molecule has 0 bridgehead atoms. The van der Waals surface area contributed by atoms with Gasteiger partial charge in [-0.15, -0.1) is 0 Å². The summed E-state index contributed by atoms with van der Waals surface area (Å²) in [5.41, 5.74) is 5.79. The third-order valence-electron chi connectivity index (χ3n) is 7.35. The van der Waals surface area contributed by atoms with Crippen LogP contribution in [0, 0.1) is 0 Å². The standard InChI is InChI=1S/C28H28N8/c1-3-21(29-9-1)27-33-14-24(35-27)20-8-6-17-11-19(7-5-18(17)12-20)23-13-32-25(15-31-23)26-16-34-28(36-26)22-4-2-10-30-22/h5-8,11-16,21-22,29-30H,1-4,9-10H2,(H,33,35)(H,34,36). The Morgan fingerprint density at radius 3 is 1.81 bits per heavy atom. The van der Waals surface area contributed by atoms with Crippen LogP contribution in [0.5, 0.6) is 0 Å². The van der Waals surface area contributed by atoms with Gasteiger partial charge in [0.2, 0.25) is 0 Å². The number of nitrogens with zero attached hydrogens (tertiary/aromatic N) is 4. The smallest absolute Gasteiger partial charge is 0.123 e. The van der Waals surface area contributed by atoms with E-state index in [0.717, 1.165) is 71.5 Å². The molecule has 2 atom stereocenters. The third-order valence-corrected chi connectivity index (χ3v) is 7.35. The second kappa shape index (κ2) is 8.96. The first-order valence-corrected chi connectivity index (χ1v) is 12.7. The molecule has 2 aromatic carbocycles. The first kappa shape index (κ1) is 21.4. The summed E-state index contributed by atoms with van der Waals surface area (Å²) in [6.45, 7) is 2.11. The lowest BCUT2D eigenvalue weighted by molar-refractivity contribution is 0.613. The average Bonchev–Trinajstić information content (AvgIpc) is 3.75. The van der Waals surface area contributed by atoms with Crippen LogP contribution < -0.4 is 10.6 Å². The Balaban J connectivity index is 1.11. The molecule has 2 aliphatic rings. The Hall–Kier alpha value is -3.88. The van der Waals surface area contributed by atoms with E-state index in [-0.39, 0.29) is 0 Å². The Labute approximate surface area is 209 Å². The molecular formula is C28H28N8. The Morgan fingerprint density at radius 1 is 0.583 bits per heavy atom. The van der Waals surface area contributed by atoms with Crippen LogP contribution >= 0.6 is 0 Å². The number of aromatic nitrogens is 6. The van der Waals surface area contributed by atoms with E-state index in [1.165, 1.54) is 23.6 Å². The minimum absolute atomic E-state index is 0.309. The molecule has 7 rings (SSSR count). The highest BCUT2D eigenvalue weighted by Crippen LogP contribution is 2.29. The van der Waals surface area contributed by atoms with Crippen molar-refractivity contribution in [3.8, 4) is 33.9 Å². The van der Waals surface area contributed by atoms with Crippen molar-refractivity contribution in [2.75, 3.05) is 13.1 Å². The minimum Gasteiger partial charge on any atom is -0.341 e. The maximum absolute atomic E-state index is 4.70. The number of fused-ring (bicyclic) bond motifs is 1. The third kappa shape index (κ3) is 3.98. The maximum atomic E-state index is 4.70. The van der Waals surface area contributed by atoms with E-state index in [1.54, 1.807) is 0 Å². The number of hydrogen-bond donors (Lipinski definition) is 4. The summed E-state index contributed by atoms with van der Waals surface area (Å²) in [5, 5.41) is 9.32. The number of H-pyrrole nitrogens is 2. The zero-order chi connectivity index (χ0) is 23.9. The summed E-state index contributed by atoms with van der Waals surface area (Å²) >= 11 is 0.